The Kier molecular flexibility index (Phi) is 5.56. The molecule has 0 spiro atoms. The van der Waals surface area contributed by atoms with Crippen LogP contribution in [0.15, 0.2) is 12.7 Å². The summed E-state index contributed by atoms with van der Waals surface area (Å²) < 4.78 is 20.7. The lowest BCUT2D eigenvalue weighted by Gasteiger charge is -2.26. The number of rotatable bonds is 7. The number of quaternary nitrogens is 1. The van der Waals surface area contributed by atoms with Crippen LogP contribution in [0.25, 0.3) is 0 Å². The van der Waals surface area contributed by atoms with E-state index in [1.165, 1.54) is 6.08 Å². The summed E-state index contributed by atoms with van der Waals surface area (Å²) in [6.45, 7) is 4.02. The minimum atomic E-state index is -4.13. The first-order chi connectivity index (χ1) is 6.27. The molecule has 84 valence electrons. The monoisotopic (exact) mass is 223 g/mol. The summed E-state index contributed by atoms with van der Waals surface area (Å²) in [7, 11) is 1.72. The Labute approximate surface area is 85.1 Å². The highest BCUT2D eigenvalue weighted by molar-refractivity contribution is 7.45. The molecule has 0 aromatic carbocycles. The average Bonchev–Trinajstić information content (AvgIpc) is 1.98. The average molecular weight is 223 g/mol. The highest BCUT2D eigenvalue weighted by atomic mass is 31.2. The summed E-state index contributed by atoms with van der Waals surface area (Å²) in [5.74, 6) is 0. The lowest BCUT2D eigenvalue weighted by atomic mass is 10.5. The molecule has 0 aromatic rings. The van der Waals surface area contributed by atoms with Gasteiger partial charge in [0.25, 0.3) is 7.82 Å². The van der Waals surface area contributed by atoms with E-state index in [2.05, 4.69) is 15.6 Å². The Balaban J connectivity index is 3.76. The van der Waals surface area contributed by atoms with Crippen molar-refractivity contribution in [1.82, 2.24) is 0 Å². The molecule has 0 radical (unpaired) electrons. The molecular weight excluding hydrogens is 205 g/mol. The molecule has 6 heteroatoms. The molecule has 0 aliphatic rings. The van der Waals surface area contributed by atoms with Gasteiger partial charge < -0.3 is 18.4 Å². The molecule has 1 unspecified atom stereocenters. The summed E-state index contributed by atoms with van der Waals surface area (Å²) in [4.78, 5) is 11.0. The first kappa shape index (κ1) is 13.8. The number of hydrogen-bond acceptors (Lipinski definition) is 4. The van der Waals surface area contributed by atoms with E-state index >= 15 is 0 Å². The molecule has 0 saturated heterocycles. The molecule has 14 heavy (non-hydrogen) atoms. The third-order valence-electron chi connectivity index (χ3n) is 1.36. The van der Waals surface area contributed by atoms with E-state index in [0.717, 1.165) is 0 Å². The van der Waals surface area contributed by atoms with Crippen LogP contribution in [0.2, 0.25) is 0 Å². The van der Waals surface area contributed by atoms with Gasteiger partial charge in [0.1, 0.15) is 13.2 Å². The van der Waals surface area contributed by atoms with Crippen LogP contribution in [0.3, 0.4) is 0 Å². The first-order valence-corrected chi connectivity index (χ1v) is 5.74. The second-order valence-electron chi connectivity index (χ2n) is 3.88. The predicted octanol–water partition coefficient (Wildman–Crippen LogP) is 0.380. The molecule has 5 nitrogen and oxygen atoms in total. The van der Waals surface area contributed by atoms with Crippen LogP contribution < -0.4 is 4.89 Å². The lowest BCUT2D eigenvalue weighted by Crippen LogP contribution is -2.37. The highest BCUT2D eigenvalue weighted by Crippen LogP contribution is 2.37. The number of phosphoric acid groups is 1. The molecule has 0 heterocycles. The van der Waals surface area contributed by atoms with Crippen molar-refractivity contribution in [3.63, 3.8) is 0 Å². The zero-order valence-electron chi connectivity index (χ0n) is 8.93. The second kappa shape index (κ2) is 5.63. The zero-order chi connectivity index (χ0) is 11.2. The fraction of sp³-hybridized carbons (Fsp3) is 0.750. The Bertz CT molecular complexity index is 224. The number of nitrogens with zero attached hydrogens (tertiary/aromatic N) is 1. The van der Waals surface area contributed by atoms with Gasteiger partial charge >= 0.3 is 0 Å². The van der Waals surface area contributed by atoms with Crippen molar-refractivity contribution in [2.75, 3.05) is 40.9 Å². The molecule has 0 rings (SSSR count). The van der Waals surface area contributed by atoms with E-state index in [4.69, 9.17) is 0 Å². The molecule has 0 amide bonds. The second-order valence-corrected chi connectivity index (χ2v) is 5.29. The van der Waals surface area contributed by atoms with E-state index in [0.29, 0.717) is 11.0 Å². The minimum absolute atomic E-state index is 0.0504. The van der Waals surface area contributed by atoms with E-state index in [9.17, 15) is 9.46 Å². The molecule has 0 bridgehead atoms. The third-order valence-corrected chi connectivity index (χ3v) is 2.33. The Morgan fingerprint density at radius 3 is 2.43 bits per heavy atom. The summed E-state index contributed by atoms with van der Waals surface area (Å²) in [5.41, 5.74) is 0. The van der Waals surface area contributed by atoms with Crippen LogP contribution in [0, 0.1) is 0 Å². The van der Waals surface area contributed by atoms with Gasteiger partial charge in [-0.1, -0.05) is 6.08 Å². The largest absolute Gasteiger partial charge is 0.756 e. The normalized spacial score (nSPS) is 16.3. The summed E-state index contributed by atoms with van der Waals surface area (Å²) in [6.07, 6.45) is 1.35. The van der Waals surface area contributed by atoms with E-state index < -0.39 is 7.82 Å². The van der Waals surface area contributed by atoms with E-state index in [1.807, 2.05) is 21.1 Å². The minimum Gasteiger partial charge on any atom is -0.756 e. The maximum absolute atomic E-state index is 11.0. The third kappa shape index (κ3) is 8.41. The van der Waals surface area contributed by atoms with Crippen LogP contribution in [0.4, 0.5) is 0 Å². The van der Waals surface area contributed by atoms with Gasteiger partial charge in [-0.15, -0.1) is 6.58 Å². The fourth-order valence-electron chi connectivity index (χ4n) is 0.608. The molecule has 1 atom stereocenters. The molecule has 0 saturated carbocycles. The van der Waals surface area contributed by atoms with E-state index in [1.54, 1.807) is 0 Å². The summed E-state index contributed by atoms with van der Waals surface area (Å²) in [6, 6.07) is 0. The van der Waals surface area contributed by atoms with Crippen LogP contribution in [-0.2, 0) is 13.6 Å². The molecule has 0 aliphatic carbocycles. The van der Waals surface area contributed by atoms with Gasteiger partial charge in [0.05, 0.1) is 27.7 Å². The van der Waals surface area contributed by atoms with Gasteiger partial charge in [-0.2, -0.15) is 0 Å². The van der Waals surface area contributed by atoms with Gasteiger partial charge in [0, 0.05) is 0 Å². The summed E-state index contributed by atoms with van der Waals surface area (Å²) in [5, 5.41) is 0. The molecule has 0 N–H and O–H groups in total. The van der Waals surface area contributed by atoms with E-state index in [-0.39, 0.29) is 13.2 Å². The lowest BCUT2D eigenvalue weighted by molar-refractivity contribution is -0.870. The Hall–Kier alpha value is -0.190. The van der Waals surface area contributed by atoms with Crippen molar-refractivity contribution in [2.24, 2.45) is 0 Å². The van der Waals surface area contributed by atoms with Crippen molar-refractivity contribution < 1.29 is 23.0 Å². The smallest absolute Gasteiger partial charge is 0.268 e. The molecule has 0 aliphatic heterocycles. The van der Waals surface area contributed by atoms with Gasteiger partial charge in [-0.05, 0) is 0 Å². The quantitative estimate of drug-likeness (QED) is 0.355. The standard InChI is InChI=1S/C8H18NO4P/c1-5-7-12-14(10,11)13-8-6-9(2,3)4/h5H,1,6-8H2,2-4H3. The fourth-order valence-corrected chi connectivity index (χ4v) is 1.28. The van der Waals surface area contributed by atoms with Crippen LogP contribution >= 0.6 is 7.82 Å². The van der Waals surface area contributed by atoms with Crippen molar-refractivity contribution in [3.8, 4) is 0 Å². The maximum Gasteiger partial charge on any atom is 0.268 e. The van der Waals surface area contributed by atoms with Gasteiger partial charge in [0.2, 0.25) is 0 Å². The van der Waals surface area contributed by atoms with Crippen molar-refractivity contribution >= 4 is 7.82 Å². The van der Waals surface area contributed by atoms with Gasteiger partial charge in [-0.25, -0.2) is 0 Å². The highest BCUT2D eigenvalue weighted by Gasteiger charge is 2.12. The van der Waals surface area contributed by atoms with Crippen molar-refractivity contribution in [3.05, 3.63) is 12.7 Å². The Morgan fingerprint density at radius 2 is 2.00 bits per heavy atom. The molecule has 0 aromatic heterocycles. The number of phosphoric ester groups is 1. The zero-order valence-corrected chi connectivity index (χ0v) is 9.83. The van der Waals surface area contributed by atoms with Gasteiger partial charge in [-0.3, -0.25) is 4.57 Å². The summed E-state index contributed by atoms with van der Waals surface area (Å²) >= 11 is 0. The number of likely N-dealkylation sites (N-methyl/N-ethyl adjacent to an activating group) is 1. The van der Waals surface area contributed by atoms with Crippen LogP contribution in [-0.4, -0.2) is 45.4 Å². The maximum atomic E-state index is 11.0. The Morgan fingerprint density at radius 1 is 1.43 bits per heavy atom. The van der Waals surface area contributed by atoms with Crippen molar-refractivity contribution in [2.45, 2.75) is 0 Å². The molecular formula is C8H18NO4P. The van der Waals surface area contributed by atoms with Crippen LogP contribution in [0.5, 0.6) is 0 Å². The van der Waals surface area contributed by atoms with Crippen molar-refractivity contribution in [1.29, 1.82) is 0 Å². The predicted molar refractivity (Wildman–Crippen MR) is 52.6 cm³/mol. The van der Waals surface area contributed by atoms with Gasteiger partial charge in [0.15, 0.2) is 0 Å². The number of hydrogen-bond donors (Lipinski definition) is 0. The first-order valence-electron chi connectivity index (χ1n) is 4.28. The SMILES string of the molecule is C=CCOP(=O)([O-])OCC[N+](C)(C)C. The van der Waals surface area contributed by atoms with Crippen LogP contribution in [0.1, 0.15) is 0 Å². The molecule has 0 fully saturated rings. The topological polar surface area (TPSA) is 58.6 Å².